The molecule has 0 radical (unpaired) electrons. The highest BCUT2D eigenvalue weighted by Gasteiger charge is 2.21. The summed E-state index contributed by atoms with van der Waals surface area (Å²) >= 11 is 0. The van der Waals surface area contributed by atoms with Crippen LogP contribution < -0.4 is 11.5 Å². The molecule has 0 aromatic rings. The van der Waals surface area contributed by atoms with Gasteiger partial charge in [-0.3, -0.25) is 19.4 Å². The van der Waals surface area contributed by atoms with E-state index in [1.165, 1.54) is 0 Å². The first kappa shape index (κ1) is 41.4. The van der Waals surface area contributed by atoms with Gasteiger partial charge in [-0.25, -0.2) is 9.09 Å². The standard InChI is InChI=1S/C22H47N5O11P2S2/c23-21(25-9-3-1-2-4-11-37-39(29,30)27-28)7-5-19-41-42-20-6-8-22(24)26-10-12-34-13-14-35-15-16-36-17-18-38-40(31,32)33/h1-20H2,(H2,23,25)(H2,24,26)(H,29,30)(H2,31,32,33)/p+1. The van der Waals surface area contributed by atoms with Crippen molar-refractivity contribution in [2.24, 2.45) is 26.4 Å². The topological polar surface area (TPSA) is 250 Å². The van der Waals surface area contributed by atoms with E-state index in [2.05, 4.69) is 19.0 Å². The van der Waals surface area contributed by atoms with Crippen molar-refractivity contribution in [3.8, 4) is 0 Å². The number of hydrogen-bond acceptors (Lipinski definition) is 12. The second-order valence-electron chi connectivity index (χ2n) is 8.61. The number of amidine groups is 2. The van der Waals surface area contributed by atoms with Gasteiger partial charge in [0.15, 0.2) is 0 Å². The van der Waals surface area contributed by atoms with Gasteiger partial charge in [0.05, 0.1) is 71.1 Å². The Hall–Kier alpha value is -0.620. The van der Waals surface area contributed by atoms with Crippen LogP contribution in [0.5, 0.6) is 0 Å². The Kier molecular flexibility index (Phi) is 27.5. The Labute approximate surface area is 255 Å². The summed E-state index contributed by atoms with van der Waals surface area (Å²) in [6, 6.07) is 0. The van der Waals surface area contributed by atoms with E-state index in [9.17, 15) is 14.0 Å². The zero-order valence-corrected chi connectivity index (χ0v) is 27.4. The largest absolute Gasteiger partial charge is 0.631 e. The van der Waals surface area contributed by atoms with Crippen LogP contribution >= 0.6 is 37.2 Å². The normalized spacial score (nSPS) is 15.4. The second kappa shape index (κ2) is 27.9. The quantitative estimate of drug-likeness (QED) is 0.0156. The molecule has 0 amide bonds. The molecule has 2 unspecified atom stereocenters. The van der Waals surface area contributed by atoms with Crippen LogP contribution in [-0.4, -0.2) is 104 Å². The van der Waals surface area contributed by atoms with Crippen molar-refractivity contribution in [3.63, 3.8) is 0 Å². The van der Waals surface area contributed by atoms with Gasteiger partial charge < -0.3 is 35.5 Å². The Morgan fingerprint density at radius 3 is 1.71 bits per heavy atom. The van der Waals surface area contributed by atoms with Gasteiger partial charge >= 0.3 is 15.6 Å². The van der Waals surface area contributed by atoms with Gasteiger partial charge in [0.25, 0.3) is 0 Å². The number of nitrogens with zero attached hydrogens (tertiary/aromatic N) is 3. The van der Waals surface area contributed by atoms with Crippen molar-refractivity contribution in [3.05, 3.63) is 4.91 Å². The minimum absolute atomic E-state index is 0.0317. The van der Waals surface area contributed by atoms with E-state index in [4.69, 9.17) is 40.4 Å². The van der Waals surface area contributed by atoms with Gasteiger partial charge in [0.1, 0.15) is 0 Å². The summed E-state index contributed by atoms with van der Waals surface area (Å²) in [6.45, 7) is 3.12. The number of aliphatic imine (C=N–C) groups is 2. The Bertz CT molecular complexity index is 841. The van der Waals surface area contributed by atoms with E-state index in [1.807, 2.05) is 4.95 Å². The zero-order chi connectivity index (χ0) is 31.4. The third kappa shape index (κ3) is 32.3. The van der Waals surface area contributed by atoms with Gasteiger partial charge in [-0.1, -0.05) is 34.4 Å². The lowest BCUT2D eigenvalue weighted by Gasteiger charge is -2.06. The van der Waals surface area contributed by atoms with Crippen LogP contribution in [0.25, 0.3) is 0 Å². The molecule has 0 fully saturated rings. The van der Waals surface area contributed by atoms with Gasteiger partial charge in [-0.05, 0) is 25.7 Å². The van der Waals surface area contributed by atoms with Crippen LogP contribution in [-0.2, 0) is 32.4 Å². The maximum Gasteiger partial charge on any atom is 0.631 e. The minimum Gasteiger partial charge on any atom is -0.387 e. The van der Waals surface area contributed by atoms with E-state index in [1.54, 1.807) is 21.6 Å². The smallest absolute Gasteiger partial charge is 0.387 e. The second-order valence-corrected chi connectivity index (χ2v) is 14.0. The SMILES string of the molecule is NC(CCCSSCCCC(N)=NCCOCCOCCOCCOP(=O)(O)[OH2+])=NCCCCCCOP(=O)(O)N=O. The molecule has 0 aromatic heterocycles. The number of nitrogens with two attached hydrogens (primary N) is 2. The average Bonchev–Trinajstić information content (AvgIpc) is 2.93. The summed E-state index contributed by atoms with van der Waals surface area (Å²) in [5, 5.41) is 0. The van der Waals surface area contributed by atoms with E-state index in [0.717, 1.165) is 56.5 Å². The van der Waals surface area contributed by atoms with Crippen molar-refractivity contribution in [1.82, 2.24) is 0 Å². The maximum atomic E-state index is 10.9. The van der Waals surface area contributed by atoms with E-state index in [-0.39, 0.29) is 19.8 Å². The van der Waals surface area contributed by atoms with Crippen molar-refractivity contribution >= 4 is 48.8 Å². The van der Waals surface area contributed by atoms with Crippen LogP contribution in [0.1, 0.15) is 51.4 Å². The summed E-state index contributed by atoms with van der Waals surface area (Å²) in [4.78, 5) is 44.9. The molecular weight excluding hydrogens is 636 g/mol. The van der Waals surface area contributed by atoms with E-state index >= 15 is 0 Å². The molecule has 16 nitrogen and oxygen atoms in total. The molecule has 0 saturated carbocycles. The summed E-state index contributed by atoms with van der Waals surface area (Å²) in [5.74, 6) is 3.24. The monoisotopic (exact) mass is 684 g/mol. The van der Waals surface area contributed by atoms with Crippen molar-refractivity contribution in [2.45, 2.75) is 51.4 Å². The molecule has 8 N–H and O–H groups in total. The lowest BCUT2D eigenvalue weighted by atomic mass is 10.2. The molecule has 0 saturated heterocycles. The highest BCUT2D eigenvalue weighted by atomic mass is 33.1. The fourth-order valence-electron chi connectivity index (χ4n) is 2.91. The van der Waals surface area contributed by atoms with Gasteiger partial charge in [-0.2, -0.15) is 4.57 Å². The summed E-state index contributed by atoms with van der Waals surface area (Å²) in [7, 11) is -4.88. The zero-order valence-electron chi connectivity index (χ0n) is 24.0. The molecule has 0 aliphatic heterocycles. The van der Waals surface area contributed by atoms with Crippen LogP contribution in [0.3, 0.4) is 0 Å². The van der Waals surface area contributed by atoms with Crippen LogP contribution in [0.2, 0.25) is 0 Å². The molecule has 20 heteroatoms. The molecule has 0 rings (SSSR count). The molecule has 248 valence electrons. The molecular formula is C22H48N5O11P2S2+. The molecule has 42 heavy (non-hydrogen) atoms. The summed E-state index contributed by atoms with van der Waals surface area (Å²) in [5.41, 5.74) is 11.9. The van der Waals surface area contributed by atoms with Gasteiger partial charge in [0, 0.05) is 35.8 Å². The number of hydrogen-bond donors (Lipinski definition) is 4. The Morgan fingerprint density at radius 1 is 0.667 bits per heavy atom. The first-order valence-corrected chi connectivity index (χ1v) is 19.2. The third-order valence-electron chi connectivity index (χ3n) is 4.92. The van der Waals surface area contributed by atoms with Gasteiger partial charge in [-0.15, -0.1) is 4.91 Å². The molecule has 0 aliphatic carbocycles. The number of rotatable bonds is 31. The highest BCUT2D eigenvalue weighted by Crippen LogP contribution is 2.43. The molecule has 0 heterocycles. The van der Waals surface area contributed by atoms with Crippen LogP contribution in [0.4, 0.5) is 0 Å². The minimum atomic E-state index is -4.29. The first-order chi connectivity index (χ1) is 20.1. The molecule has 2 atom stereocenters. The molecule has 0 bridgehead atoms. The predicted molar refractivity (Wildman–Crippen MR) is 168 cm³/mol. The van der Waals surface area contributed by atoms with Crippen molar-refractivity contribution in [1.29, 1.82) is 0 Å². The van der Waals surface area contributed by atoms with Crippen molar-refractivity contribution in [2.75, 3.05) is 77.5 Å². The van der Waals surface area contributed by atoms with Crippen molar-refractivity contribution < 1.29 is 47.1 Å². The molecule has 0 aromatic carbocycles. The maximum absolute atomic E-state index is 10.9. The fraction of sp³-hybridized carbons (Fsp3) is 0.909. The first-order valence-electron chi connectivity index (χ1n) is 13.7. The molecule has 0 spiro atoms. The third-order valence-corrected chi connectivity index (χ3v) is 8.76. The van der Waals surface area contributed by atoms with Crippen LogP contribution in [0.15, 0.2) is 14.9 Å². The lowest BCUT2D eigenvalue weighted by Crippen LogP contribution is -2.15. The lowest BCUT2D eigenvalue weighted by molar-refractivity contribution is 0.00873. The fourth-order valence-corrected chi connectivity index (χ4v) is 5.82. The number of ether oxygens (including phenoxy) is 3. The van der Waals surface area contributed by atoms with Gasteiger partial charge in [0.2, 0.25) is 0 Å². The summed E-state index contributed by atoms with van der Waals surface area (Å²) in [6.07, 6.45) is 6.54. The van der Waals surface area contributed by atoms with E-state index < -0.39 is 15.6 Å². The van der Waals surface area contributed by atoms with Crippen LogP contribution in [0, 0.1) is 4.91 Å². The summed E-state index contributed by atoms with van der Waals surface area (Å²) < 4.78 is 46.3. The van der Waals surface area contributed by atoms with E-state index in [0.29, 0.717) is 64.2 Å². The number of unbranched alkanes of at least 4 members (excludes halogenated alkanes) is 3. The highest BCUT2D eigenvalue weighted by molar-refractivity contribution is 8.76. The average molecular weight is 685 g/mol. The Balaban J connectivity index is 3.44. The Morgan fingerprint density at radius 2 is 1.17 bits per heavy atom. The number of nitroso groups, excluding NO2 is 1. The molecule has 0 aliphatic rings. The predicted octanol–water partition coefficient (Wildman–Crippen LogP) is 2.98.